The van der Waals surface area contributed by atoms with Crippen LogP contribution in [0.2, 0.25) is 0 Å². The van der Waals surface area contributed by atoms with Gasteiger partial charge in [-0.15, -0.1) is 11.3 Å². The van der Waals surface area contributed by atoms with E-state index in [9.17, 15) is 14.7 Å². The van der Waals surface area contributed by atoms with Crippen molar-refractivity contribution >= 4 is 39.1 Å². The first-order valence-electron chi connectivity index (χ1n) is 11.3. The highest BCUT2D eigenvalue weighted by Gasteiger charge is 2.27. The molecule has 2 amide bonds. The van der Waals surface area contributed by atoms with Gasteiger partial charge in [-0.25, -0.2) is 4.98 Å². The second kappa shape index (κ2) is 10.5. The summed E-state index contributed by atoms with van der Waals surface area (Å²) >= 11 is 1.63. The molecule has 2 heterocycles. The molecule has 0 bridgehead atoms. The van der Waals surface area contributed by atoms with Gasteiger partial charge in [0.25, 0.3) is 0 Å². The van der Waals surface area contributed by atoms with Crippen LogP contribution in [0.4, 0.5) is 5.69 Å². The molecule has 1 saturated heterocycles. The van der Waals surface area contributed by atoms with Gasteiger partial charge in [-0.2, -0.15) is 0 Å². The van der Waals surface area contributed by atoms with Gasteiger partial charge >= 0.3 is 0 Å². The number of anilines is 1. The van der Waals surface area contributed by atoms with E-state index in [2.05, 4.69) is 10.3 Å². The lowest BCUT2D eigenvalue weighted by Crippen LogP contribution is -2.54. The van der Waals surface area contributed by atoms with Crippen LogP contribution in [0, 0.1) is 20.8 Å². The average Bonchev–Trinajstić information content (AvgIpc) is 3.16. The lowest BCUT2D eigenvalue weighted by Gasteiger charge is -2.34. The number of aromatic nitrogens is 1. The molecule has 1 fully saturated rings. The monoisotopic (exact) mass is 482 g/mol. The van der Waals surface area contributed by atoms with Crippen molar-refractivity contribution in [3.05, 3.63) is 52.5 Å². The maximum Gasteiger partial charge on any atom is 0.244 e. The number of rotatable bonds is 8. The number of hydrogen-bond donors (Lipinski definition) is 2. The minimum atomic E-state index is -0.737. The first kappa shape index (κ1) is 24.1. The van der Waals surface area contributed by atoms with Gasteiger partial charge in [0.05, 0.1) is 28.3 Å². The number of amides is 2. The zero-order valence-corrected chi connectivity index (χ0v) is 20.5. The molecule has 1 aliphatic heterocycles. The van der Waals surface area contributed by atoms with Crippen molar-refractivity contribution in [2.24, 2.45) is 0 Å². The van der Waals surface area contributed by atoms with Crippen LogP contribution in [-0.2, 0) is 9.59 Å². The fourth-order valence-electron chi connectivity index (χ4n) is 4.10. The van der Waals surface area contributed by atoms with Crippen LogP contribution in [0.25, 0.3) is 10.2 Å². The molecular weight excluding hydrogens is 452 g/mol. The molecule has 9 heteroatoms. The minimum absolute atomic E-state index is 0.0185. The molecule has 2 N–H and O–H groups in total. The number of piperazine rings is 1. The first-order valence-corrected chi connectivity index (χ1v) is 12.1. The van der Waals surface area contributed by atoms with Gasteiger partial charge in [0, 0.05) is 31.4 Å². The number of nitrogens with one attached hydrogen (secondary N) is 1. The summed E-state index contributed by atoms with van der Waals surface area (Å²) in [4.78, 5) is 33.0. The van der Waals surface area contributed by atoms with Crippen LogP contribution < -0.4 is 10.1 Å². The summed E-state index contributed by atoms with van der Waals surface area (Å²) in [5, 5.41) is 14.4. The topological polar surface area (TPSA) is 95.0 Å². The van der Waals surface area contributed by atoms with Crippen molar-refractivity contribution in [2.45, 2.75) is 26.9 Å². The highest BCUT2D eigenvalue weighted by Crippen LogP contribution is 2.25. The van der Waals surface area contributed by atoms with E-state index in [1.165, 1.54) is 0 Å². The van der Waals surface area contributed by atoms with Crippen LogP contribution in [0.3, 0.4) is 0 Å². The molecule has 1 aromatic heterocycles. The Morgan fingerprint density at radius 1 is 1.21 bits per heavy atom. The molecule has 0 saturated carbocycles. The molecule has 1 aliphatic rings. The number of aryl methyl sites for hydroxylation is 3. The Hall–Kier alpha value is -3.01. The van der Waals surface area contributed by atoms with Gasteiger partial charge in [-0.3, -0.25) is 14.5 Å². The number of aliphatic hydroxyl groups is 1. The molecule has 0 aliphatic carbocycles. The largest absolute Gasteiger partial charge is 0.491 e. The Morgan fingerprint density at radius 2 is 1.97 bits per heavy atom. The summed E-state index contributed by atoms with van der Waals surface area (Å²) in [5.41, 5.74) is 3.66. The Labute approximate surface area is 203 Å². The third-order valence-corrected chi connectivity index (χ3v) is 6.81. The lowest BCUT2D eigenvalue weighted by molar-refractivity contribution is -0.139. The summed E-state index contributed by atoms with van der Waals surface area (Å²) in [5.74, 6) is 0.327. The Morgan fingerprint density at radius 3 is 2.71 bits per heavy atom. The van der Waals surface area contributed by atoms with Crippen molar-refractivity contribution in [2.75, 3.05) is 44.6 Å². The van der Waals surface area contributed by atoms with E-state index >= 15 is 0 Å². The molecule has 4 rings (SSSR count). The van der Waals surface area contributed by atoms with Crippen LogP contribution in [0.15, 0.2) is 36.4 Å². The molecule has 34 heavy (non-hydrogen) atoms. The number of carbonyl (C=O) groups is 2. The van der Waals surface area contributed by atoms with Gasteiger partial charge in [-0.05, 0) is 44.0 Å². The summed E-state index contributed by atoms with van der Waals surface area (Å²) in [7, 11) is 0. The SMILES string of the molecule is Cc1nc2cc(OCC(O)CN3CCN(CC(=O)Nc4c(C)cccc4C)C(=O)C3)ccc2s1. The van der Waals surface area contributed by atoms with Crippen molar-refractivity contribution in [3.8, 4) is 5.75 Å². The number of para-hydroxylation sites is 1. The Bertz CT molecular complexity index is 1170. The fourth-order valence-corrected chi connectivity index (χ4v) is 4.91. The Balaban J connectivity index is 1.22. The van der Waals surface area contributed by atoms with Crippen molar-refractivity contribution in [1.82, 2.24) is 14.8 Å². The standard InChI is InChI=1S/C25H30N4O4S/c1-16-5-4-6-17(2)25(16)27-23(31)13-29-10-9-28(14-24(29)32)12-19(30)15-33-20-7-8-22-21(11-20)26-18(3)34-22/h4-8,11,19,30H,9-10,12-15H2,1-3H3,(H,27,31). The smallest absolute Gasteiger partial charge is 0.244 e. The summed E-state index contributed by atoms with van der Waals surface area (Å²) < 4.78 is 6.84. The maximum atomic E-state index is 12.6. The molecular formula is C25H30N4O4S. The summed E-state index contributed by atoms with van der Waals surface area (Å²) in [6.07, 6.45) is -0.737. The van der Waals surface area contributed by atoms with Crippen LogP contribution >= 0.6 is 11.3 Å². The number of nitrogens with zero attached hydrogens (tertiary/aromatic N) is 3. The van der Waals surface area contributed by atoms with E-state index in [-0.39, 0.29) is 31.5 Å². The number of hydrogen-bond acceptors (Lipinski definition) is 7. The van der Waals surface area contributed by atoms with Crippen molar-refractivity contribution < 1.29 is 19.4 Å². The molecule has 3 aromatic rings. The number of fused-ring (bicyclic) bond motifs is 1. The van der Waals surface area contributed by atoms with Gasteiger partial charge in [0.1, 0.15) is 18.5 Å². The number of ether oxygens (including phenoxy) is 1. The molecule has 1 unspecified atom stereocenters. The predicted molar refractivity (Wildman–Crippen MR) is 133 cm³/mol. The quantitative estimate of drug-likeness (QED) is 0.513. The second-order valence-corrected chi connectivity index (χ2v) is 9.93. The van der Waals surface area contributed by atoms with Crippen molar-refractivity contribution in [1.29, 1.82) is 0 Å². The molecule has 8 nitrogen and oxygen atoms in total. The normalized spacial score (nSPS) is 15.5. The predicted octanol–water partition coefficient (Wildman–Crippen LogP) is 2.74. The van der Waals surface area contributed by atoms with E-state index in [1.54, 1.807) is 16.2 Å². The van der Waals surface area contributed by atoms with Gasteiger partial charge in [0.2, 0.25) is 11.8 Å². The number of carbonyl (C=O) groups excluding carboxylic acids is 2. The lowest BCUT2D eigenvalue weighted by atomic mass is 10.1. The van der Waals surface area contributed by atoms with Gasteiger partial charge in [0.15, 0.2) is 0 Å². The van der Waals surface area contributed by atoms with Crippen LogP contribution in [-0.4, -0.2) is 77.1 Å². The minimum Gasteiger partial charge on any atom is -0.491 e. The summed E-state index contributed by atoms with van der Waals surface area (Å²) in [6, 6.07) is 11.6. The number of benzene rings is 2. The summed E-state index contributed by atoms with van der Waals surface area (Å²) in [6.45, 7) is 7.51. The number of aliphatic hydroxyl groups excluding tert-OH is 1. The van der Waals surface area contributed by atoms with Crippen LogP contribution in [0.5, 0.6) is 5.75 Å². The maximum absolute atomic E-state index is 12.6. The van der Waals surface area contributed by atoms with E-state index in [1.807, 2.05) is 62.1 Å². The molecule has 180 valence electrons. The van der Waals surface area contributed by atoms with Gasteiger partial charge in [-0.1, -0.05) is 18.2 Å². The molecule has 0 spiro atoms. The zero-order valence-electron chi connectivity index (χ0n) is 19.7. The third-order valence-electron chi connectivity index (χ3n) is 5.86. The number of β-amino-alcohol motifs (C(OH)–C–C–N with tert-alkyl or cyclic N) is 1. The third kappa shape index (κ3) is 5.91. The van der Waals surface area contributed by atoms with E-state index in [0.717, 1.165) is 32.0 Å². The fraction of sp³-hybridized carbons (Fsp3) is 0.400. The molecule has 1 atom stereocenters. The molecule has 2 aromatic carbocycles. The highest BCUT2D eigenvalue weighted by atomic mass is 32.1. The average molecular weight is 483 g/mol. The van der Waals surface area contributed by atoms with Gasteiger partial charge < -0.3 is 20.1 Å². The van der Waals surface area contributed by atoms with E-state index in [4.69, 9.17) is 4.74 Å². The zero-order chi connectivity index (χ0) is 24.2. The second-order valence-electron chi connectivity index (χ2n) is 8.69. The Kier molecular flexibility index (Phi) is 7.45. The van der Waals surface area contributed by atoms with Crippen LogP contribution in [0.1, 0.15) is 16.1 Å². The van der Waals surface area contributed by atoms with Crippen molar-refractivity contribution in [3.63, 3.8) is 0 Å². The molecule has 0 radical (unpaired) electrons. The van der Waals surface area contributed by atoms with E-state index < -0.39 is 6.10 Å². The highest BCUT2D eigenvalue weighted by molar-refractivity contribution is 7.18. The number of thiazole rings is 1. The first-order chi connectivity index (χ1) is 16.3. The van der Waals surface area contributed by atoms with E-state index in [0.29, 0.717) is 25.4 Å².